The summed E-state index contributed by atoms with van der Waals surface area (Å²) in [5.41, 5.74) is 3.63. The standard InChI is InChI=1S/C21H29N5/c1-16-8-7-12-23-20(16)14-24-21(22-3)25-19-11-13-26(15-19)17(2)18-9-5-4-6-10-18/h4-10,12,17,19H,11,13-15H2,1-3H3,(H2,22,24,25). The molecule has 0 spiro atoms. The van der Waals surface area contributed by atoms with Crippen LogP contribution in [0, 0.1) is 6.92 Å². The van der Waals surface area contributed by atoms with Crippen molar-refractivity contribution in [1.29, 1.82) is 0 Å². The predicted molar refractivity (Wildman–Crippen MR) is 107 cm³/mol. The number of likely N-dealkylation sites (tertiary alicyclic amines) is 1. The molecule has 1 aromatic carbocycles. The zero-order chi connectivity index (χ0) is 18.4. The van der Waals surface area contributed by atoms with Crippen molar-refractivity contribution >= 4 is 5.96 Å². The highest BCUT2D eigenvalue weighted by molar-refractivity contribution is 5.80. The van der Waals surface area contributed by atoms with Crippen molar-refractivity contribution in [2.75, 3.05) is 20.1 Å². The van der Waals surface area contributed by atoms with Gasteiger partial charge in [0.05, 0.1) is 12.2 Å². The van der Waals surface area contributed by atoms with Gasteiger partial charge < -0.3 is 10.6 Å². The Hall–Kier alpha value is -2.40. The minimum Gasteiger partial charge on any atom is -0.352 e. The maximum atomic E-state index is 4.43. The van der Waals surface area contributed by atoms with E-state index in [1.807, 2.05) is 19.3 Å². The second kappa shape index (κ2) is 8.81. The second-order valence-corrected chi connectivity index (χ2v) is 6.90. The largest absolute Gasteiger partial charge is 0.352 e. The number of aliphatic imine (C=N–C) groups is 1. The van der Waals surface area contributed by atoms with E-state index in [-0.39, 0.29) is 0 Å². The first kappa shape index (κ1) is 18.4. The fraction of sp³-hybridized carbons (Fsp3) is 0.429. The summed E-state index contributed by atoms with van der Waals surface area (Å²) in [7, 11) is 1.82. The topological polar surface area (TPSA) is 52.6 Å². The Bertz CT molecular complexity index is 728. The van der Waals surface area contributed by atoms with Gasteiger partial charge in [-0.15, -0.1) is 0 Å². The van der Waals surface area contributed by atoms with Gasteiger partial charge in [0.1, 0.15) is 0 Å². The molecule has 3 rings (SSSR count). The first-order valence-electron chi connectivity index (χ1n) is 9.34. The molecule has 2 heterocycles. The highest BCUT2D eigenvalue weighted by Crippen LogP contribution is 2.24. The van der Waals surface area contributed by atoms with Gasteiger partial charge >= 0.3 is 0 Å². The molecule has 2 atom stereocenters. The van der Waals surface area contributed by atoms with Gasteiger partial charge in [0.25, 0.3) is 0 Å². The summed E-state index contributed by atoms with van der Waals surface area (Å²) in [5, 5.41) is 6.95. The SMILES string of the molecule is CN=C(NCc1ncccc1C)NC1CCN(C(C)c2ccccc2)C1. The third-order valence-electron chi connectivity index (χ3n) is 5.15. The van der Waals surface area contributed by atoms with Gasteiger partial charge in [0, 0.05) is 38.4 Å². The Kier molecular flexibility index (Phi) is 6.23. The predicted octanol–water partition coefficient (Wildman–Crippen LogP) is 2.89. The molecule has 0 saturated carbocycles. The number of nitrogens with zero attached hydrogens (tertiary/aromatic N) is 3. The first-order chi connectivity index (χ1) is 12.7. The lowest BCUT2D eigenvalue weighted by atomic mass is 10.1. The third kappa shape index (κ3) is 4.61. The molecule has 1 aliphatic rings. The molecule has 5 heteroatoms. The molecule has 1 saturated heterocycles. The van der Waals surface area contributed by atoms with Crippen molar-refractivity contribution in [3.05, 3.63) is 65.5 Å². The van der Waals surface area contributed by atoms with Crippen LogP contribution in [0.25, 0.3) is 0 Å². The summed E-state index contributed by atoms with van der Waals surface area (Å²) in [5.74, 6) is 0.842. The van der Waals surface area contributed by atoms with Crippen molar-refractivity contribution in [2.24, 2.45) is 4.99 Å². The van der Waals surface area contributed by atoms with Crippen LogP contribution in [0.3, 0.4) is 0 Å². The van der Waals surface area contributed by atoms with Crippen LogP contribution in [0.1, 0.15) is 36.2 Å². The van der Waals surface area contributed by atoms with Gasteiger partial charge in [0.2, 0.25) is 0 Å². The Morgan fingerprint density at radius 3 is 2.81 bits per heavy atom. The van der Waals surface area contributed by atoms with Crippen molar-refractivity contribution < 1.29 is 0 Å². The molecule has 0 bridgehead atoms. The zero-order valence-electron chi connectivity index (χ0n) is 15.9. The van der Waals surface area contributed by atoms with Crippen molar-refractivity contribution in [3.63, 3.8) is 0 Å². The van der Waals surface area contributed by atoms with Gasteiger partial charge in [-0.1, -0.05) is 36.4 Å². The third-order valence-corrected chi connectivity index (χ3v) is 5.15. The summed E-state index contributed by atoms with van der Waals surface area (Å²) in [6, 6.07) is 15.6. The lowest BCUT2D eigenvalue weighted by Crippen LogP contribution is -2.44. The number of hydrogen-bond acceptors (Lipinski definition) is 3. The highest BCUT2D eigenvalue weighted by atomic mass is 15.3. The summed E-state index contributed by atoms with van der Waals surface area (Å²) >= 11 is 0. The van der Waals surface area contributed by atoms with Gasteiger partial charge in [-0.2, -0.15) is 0 Å². The summed E-state index contributed by atoms with van der Waals surface area (Å²) in [6.07, 6.45) is 2.96. The fourth-order valence-electron chi connectivity index (χ4n) is 3.46. The van der Waals surface area contributed by atoms with Crippen molar-refractivity contribution in [3.8, 4) is 0 Å². The number of pyridine rings is 1. The molecule has 0 amide bonds. The van der Waals surface area contributed by atoms with E-state index in [1.165, 1.54) is 11.1 Å². The monoisotopic (exact) mass is 351 g/mol. The average Bonchev–Trinajstić information content (AvgIpc) is 3.15. The van der Waals surface area contributed by atoms with Crippen molar-refractivity contribution in [2.45, 2.75) is 38.9 Å². The van der Waals surface area contributed by atoms with E-state index in [9.17, 15) is 0 Å². The normalized spacial score (nSPS) is 19.3. The molecule has 0 radical (unpaired) electrons. The quantitative estimate of drug-likeness (QED) is 0.642. The second-order valence-electron chi connectivity index (χ2n) is 6.90. The lowest BCUT2D eigenvalue weighted by Gasteiger charge is -2.25. The number of guanidine groups is 1. The number of benzene rings is 1. The number of rotatable bonds is 5. The van der Waals surface area contributed by atoms with E-state index >= 15 is 0 Å². The lowest BCUT2D eigenvalue weighted by molar-refractivity contribution is 0.258. The molecule has 1 fully saturated rings. The Morgan fingerprint density at radius 1 is 1.27 bits per heavy atom. The van der Waals surface area contributed by atoms with E-state index in [0.29, 0.717) is 18.6 Å². The smallest absolute Gasteiger partial charge is 0.191 e. The molecule has 2 aromatic rings. The van der Waals surface area contributed by atoms with Crippen LogP contribution in [0.5, 0.6) is 0 Å². The summed E-state index contributed by atoms with van der Waals surface area (Å²) < 4.78 is 0. The van der Waals surface area contributed by atoms with E-state index in [1.54, 1.807) is 0 Å². The van der Waals surface area contributed by atoms with Gasteiger partial charge in [-0.25, -0.2) is 0 Å². The van der Waals surface area contributed by atoms with Crippen LogP contribution in [0.4, 0.5) is 0 Å². The van der Waals surface area contributed by atoms with Gasteiger partial charge in [-0.05, 0) is 37.5 Å². The maximum absolute atomic E-state index is 4.43. The first-order valence-corrected chi connectivity index (χ1v) is 9.34. The van der Waals surface area contributed by atoms with E-state index in [0.717, 1.165) is 31.2 Å². The van der Waals surface area contributed by atoms with Crippen LogP contribution in [0.15, 0.2) is 53.7 Å². The minimum absolute atomic E-state index is 0.414. The molecule has 0 aliphatic carbocycles. The van der Waals surface area contributed by atoms with Gasteiger partial charge in [-0.3, -0.25) is 14.9 Å². The fourth-order valence-corrected chi connectivity index (χ4v) is 3.46. The van der Waals surface area contributed by atoms with Crippen LogP contribution < -0.4 is 10.6 Å². The number of aromatic nitrogens is 1. The Balaban J connectivity index is 1.51. The van der Waals surface area contributed by atoms with Crippen LogP contribution >= 0.6 is 0 Å². The van der Waals surface area contributed by atoms with Gasteiger partial charge in [0.15, 0.2) is 5.96 Å². The number of aryl methyl sites for hydroxylation is 1. The summed E-state index contributed by atoms with van der Waals surface area (Å²) in [4.78, 5) is 11.3. The molecule has 138 valence electrons. The van der Waals surface area contributed by atoms with E-state index < -0.39 is 0 Å². The van der Waals surface area contributed by atoms with E-state index in [2.05, 4.69) is 75.8 Å². The molecule has 2 unspecified atom stereocenters. The van der Waals surface area contributed by atoms with Crippen molar-refractivity contribution in [1.82, 2.24) is 20.5 Å². The maximum Gasteiger partial charge on any atom is 0.191 e. The molecule has 1 aliphatic heterocycles. The summed E-state index contributed by atoms with van der Waals surface area (Å²) in [6.45, 7) is 7.18. The molecule has 5 nitrogen and oxygen atoms in total. The van der Waals surface area contributed by atoms with Crippen LogP contribution in [-0.4, -0.2) is 42.0 Å². The molecule has 1 aromatic heterocycles. The van der Waals surface area contributed by atoms with Crippen LogP contribution in [0.2, 0.25) is 0 Å². The Morgan fingerprint density at radius 2 is 2.08 bits per heavy atom. The molecule has 26 heavy (non-hydrogen) atoms. The zero-order valence-corrected chi connectivity index (χ0v) is 15.9. The molecular formula is C21H29N5. The molecule has 2 N–H and O–H groups in total. The van der Waals surface area contributed by atoms with Crippen LogP contribution in [-0.2, 0) is 6.54 Å². The Labute approximate surface area is 156 Å². The number of hydrogen-bond donors (Lipinski definition) is 2. The number of nitrogens with one attached hydrogen (secondary N) is 2. The van der Waals surface area contributed by atoms with E-state index in [4.69, 9.17) is 0 Å². The minimum atomic E-state index is 0.414. The molecular weight excluding hydrogens is 322 g/mol. The average molecular weight is 351 g/mol. The highest BCUT2D eigenvalue weighted by Gasteiger charge is 2.27.